The summed E-state index contributed by atoms with van der Waals surface area (Å²) >= 11 is 0. The zero-order chi connectivity index (χ0) is 14.1. The molecule has 104 valence electrons. The fourth-order valence-electron chi connectivity index (χ4n) is 1.80. The molecule has 1 aliphatic rings. The van der Waals surface area contributed by atoms with E-state index in [2.05, 4.69) is 4.74 Å². The summed E-state index contributed by atoms with van der Waals surface area (Å²) in [4.78, 5) is 32.6. The van der Waals surface area contributed by atoms with E-state index in [1.54, 1.807) is 12.2 Å². The standard InChI is InChI=1S/C14H18O5/c1-18-14(17)7-5-3-2-4-6-11-8-12(19-10-15)9-13(11)16/h4,6,8,10,12H,2-3,5,7,9H2,1H3/b6-4-/t12-/m0/s1. The van der Waals surface area contributed by atoms with Crippen molar-refractivity contribution in [2.75, 3.05) is 7.11 Å². The third-order valence-electron chi connectivity index (χ3n) is 2.83. The van der Waals surface area contributed by atoms with Gasteiger partial charge in [-0.2, -0.15) is 0 Å². The van der Waals surface area contributed by atoms with Crippen LogP contribution in [0, 0.1) is 0 Å². The van der Waals surface area contributed by atoms with Crippen LogP contribution >= 0.6 is 0 Å². The Kier molecular flexibility index (Phi) is 6.57. The van der Waals surface area contributed by atoms with Gasteiger partial charge in [0.15, 0.2) is 5.78 Å². The molecule has 5 heteroatoms. The smallest absolute Gasteiger partial charge is 0.305 e. The molecule has 0 heterocycles. The predicted molar refractivity (Wildman–Crippen MR) is 68.3 cm³/mol. The maximum atomic E-state index is 11.5. The minimum atomic E-state index is -0.427. The first kappa shape index (κ1) is 15.1. The average Bonchev–Trinajstić information content (AvgIpc) is 2.74. The van der Waals surface area contributed by atoms with Crippen LogP contribution < -0.4 is 0 Å². The molecule has 0 aliphatic heterocycles. The van der Waals surface area contributed by atoms with Crippen LogP contribution in [0.25, 0.3) is 0 Å². The second-order valence-electron chi connectivity index (χ2n) is 4.24. The highest BCUT2D eigenvalue weighted by molar-refractivity contribution is 6.01. The molecule has 0 unspecified atom stereocenters. The highest BCUT2D eigenvalue weighted by Crippen LogP contribution is 2.18. The Labute approximate surface area is 112 Å². The van der Waals surface area contributed by atoms with Crippen LogP contribution in [-0.2, 0) is 23.9 Å². The Morgan fingerprint density at radius 1 is 1.47 bits per heavy atom. The van der Waals surface area contributed by atoms with Gasteiger partial charge in [0.25, 0.3) is 6.47 Å². The first-order valence-corrected chi connectivity index (χ1v) is 6.25. The van der Waals surface area contributed by atoms with Crippen molar-refractivity contribution >= 4 is 18.2 Å². The number of carbonyl (C=O) groups is 3. The van der Waals surface area contributed by atoms with Gasteiger partial charge in [-0.25, -0.2) is 0 Å². The number of ketones is 1. The molecule has 0 aromatic heterocycles. The fourth-order valence-corrected chi connectivity index (χ4v) is 1.80. The topological polar surface area (TPSA) is 69.7 Å². The number of rotatable bonds is 8. The molecule has 0 fully saturated rings. The van der Waals surface area contributed by atoms with Crippen LogP contribution in [0.1, 0.15) is 32.1 Å². The van der Waals surface area contributed by atoms with E-state index in [9.17, 15) is 14.4 Å². The van der Waals surface area contributed by atoms with Crippen molar-refractivity contribution in [3.05, 3.63) is 23.8 Å². The van der Waals surface area contributed by atoms with Crippen LogP contribution in [0.4, 0.5) is 0 Å². The van der Waals surface area contributed by atoms with Crippen molar-refractivity contribution in [1.82, 2.24) is 0 Å². The number of unbranched alkanes of at least 4 members (excludes halogenated alkanes) is 2. The fraction of sp³-hybridized carbons (Fsp3) is 0.500. The maximum absolute atomic E-state index is 11.5. The van der Waals surface area contributed by atoms with Crippen molar-refractivity contribution in [2.45, 2.75) is 38.2 Å². The van der Waals surface area contributed by atoms with Crippen LogP contribution in [0.5, 0.6) is 0 Å². The quantitative estimate of drug-likeness (QED) is 0.380. The van der Waals surface area contributed by atoms with Gasteiger partial charge >= 0.3 is 5.97 Å². The summed E-state index contributed by atoms with van der Waals surface area (Å²) in [5, 5.41) is 0. The second-order valence-corrected chi connectivity index (χ2v) is 4.24. The molecule has 5 nitrogen and oxygen atoms in total. The lowest BCUT2D eigenvalue weighted by Gasteiger charge is -2.00. The van der Waals surface area contributed by atoms with E-state index in [4.69, 9.17) is 4.74 Å². The van der Waals surface area contributed by atoms with Crippen LogP contribution in [-0.4, -0.2) is 31.4 Å². The highest BCUT2D eigenvalue weighted by Gasteiger charge is 2.22. The van der Waals surface area contributed by atoms with Crippen LogP contribution in [0.2, 0.25) is 0 Å². The van der Waals surface area contributed by atoms with E-state index in [0.717, 1.165) is 19.3 Å². The molecule has 0 saturated carbocycles. The Balaban J connectivity index is 2.25. The molecule has 1 atom stereocenters. The van der Waals surface area contributed by atoms with E-state index >= 15 is 0 Å². The minimum absolute atomic E-state index is 0.0161. The van der Waals surface area contributed by atoms with Crippen LogP contribution in [0.3, 0.4) is 0 Å². The van der Waals surface area contributed by atoms with E-state index in [-0.39, 0.29) is 18.2 Å². The summed E-state index contributed by atoms with van der Waals surface area (Å²) < 4.78 is 9.26. The molecule has 0 bridgehead atoms. The first-order chi connectivity index (χ1) is 9.17. The Hall–Kier alpha value is -1.91. The molecule has 0 saturated heterocycles. The normalized spacial score (nSPS) is 18.5. The lowest BCUT2D eigenvalue weighted by atomic mass is 10.1. The third-order valence-corrected chi connectivity index (χ3v) is 2.83. The van der Waals surface area contributed by atoms with E-state index in [1.807, 2.05) is 6.08 Å². The lowest BCUT2D eigenvalue weighted by Crippen LogP contribution is -2.06. The zero-order valence-electron chi connectivity index (χ0n) is 11.0. The van der Waals surface area contributed by atoms with Gasteiger partial charge in [-0.1, -0.05) is 12.2 Å². The second kappa shape index (κ2) is 8.24. The van der Waals surface area contributed by atoms with E-state index in [1.165, 1.54) is 7.11 Å². The largest absolute Gasteiger partial charge is 0.469 e. The Bertz CT molecular complexity index is 395. The summed E-state index contributed by atoms with van der Waals surface area (Å²) in [5.74, 6) is -0.218. The maximum Gasteiger partial charge on any atom is 0.305 e. The van der Waals surface area contributed by atoms with Crippen molar-refractivity contribution in [3.63, 3.8) is 0 Å². The number of Topliss-reactive ketones (excluding diaryl/α,β-unsaturated/α-hetero) is 1. The van der Waals surface area contributed by atoms with Crippen molar-refractivity contribution < 1.29 is 23.9 Å². The van der Waals surface area contributed by atoms with Gasteiger partial charge in [0, 0.05) is 12.0 Å². The number of allylic oxidation sites excluding steroid dienone is 3. The van der Waals surface area contributed by atoms with Crippen molar-refractivity contribution in [1.29, 1.82) is 0 Å². The number of carbonyl (C=O) groups excluding carboxylic acids is 3. The Morgan fingerprint density at radius 3 is 2.95 bits per heavy atom. The lowest BCUT2D eigenvalue weighted by molar-refractivity contribution is -0.140. The Morgan fingerprint density at radius 2 is 2.26 bits per heavy atom. The molecule has 0 radical (unpaired) electrons. The summed E-state index contributed by atoms with van der Waals surface area (Å²) in [7, 11) is 1.37. The summed E-state index contributed by atoms with van der Waals surface area (Å²) in [6.07, 6.45) is 7.93. The molecule has 0 amide bonds. The van der Waals surface area contributed by atoms with Crippen molar-refractivity contribution in [3.8, 4) is 0 Å². The number of hydrogen-bond acceptors (Lipinski definition) is 5. The van der Waals surface area contributed by atoms with Gasteiger partial charge < -0.3 is 9.47 Å². The van der Waals surface area contributed by atoms with Gasteiger partial charge in [-0.15, -0.1) is 0 Å². The SMILES string of the molecule is COC(=O)CCCC/C=C\C1=C[C@H](OC=O)CC1=O. The van der Waals surface area contributed by atoms with Gasteiger partial charge in [0.2, 0.25) is 0 Å². The molecule has 19 heavy (non-hydrogen) atoms. The molecule has 0 aromatic carbocycles. The number of esters is 1. The molecule has 0 aromatic rings. The molecule has 0 N–H and O–H groups in total. The summed E-state index contributed by atoms with van der Waals surface area (Å²) in [5.41, 5.74) is 0.583. The molecular weight excluding hydrogens is 248 g/mol. The van der Waals surface area contributed by atoms with E-state index < -0.39 is 6.10 Å². The minimum Gasteiger partial charge on any atom is -0.469 e. The summed E-state index contributed by atoms with van der Waals surface area (Å²) in [6.45, 7) is 0.355. The van der Waals surface area contributed by atoms with Gasteiger partial charge in [0.1, 0.15) is 6.10 Å². The molecular formula is C14H18O5. The number of methoxy groups -OCH3 is 1. The molecule has 0 spiro atoms. The monoisotopic (exact) mass is 266 g/mol. The van der Waals surface area contributed by atoms with Crippen molar-refractivity contribution in [2.24, 2.45) is 0 Å². The zero-order valence-corrected chi connectivity index (χ0v) is 11.0. The molecule has 1 rings (SSSR count). The van der Waals surface area contributed by atoms with Crippen LogP contribution in [0.15, 0.2) is 23.8 Å². The highest BCUT2D eigenvalue weighted by atomic mass is 16.5. The predicted octanol–water partition coefficient (Wildman–Crippen LogP) is 1.72. The summed E-state index contributed by atoms with van der Waals surface area (Å²) in [6, 6.07) is 0. The first-order valence-electron chi connectivity index (χ1n) is 6.25. The van der Waals surface area contributed by atoms with E-state index in [0.29, 0.717) is 18.5 Å². The van der Waals surface area contributed by atoms with Gasteiger partial charge in [0.05, 0.1) is 13.5 Å². The average molecular weight is 266 g/mol. The third kappa shape index (κ3) is 5.50. The number of ether oxygens (including phenoxy) is 2. The number of hydrogen-bond donors (Lipinski definition) is 0. The van der Waals surface area contributed by atoms with Gasteiger partial charge in [-0.3, -0.25) is 14.4 Å². The molecule has 1 aliphatic carbocycles. The van der Waals surface area contributed by atoms with Gasteiger partial charge in [-0.05, 0) is 25.3 Å².